The van der Waals surface area contributed by atoms with E-state index in [1.165, 1.54) is 11.3 Å². The van der Waals surface area contributed by atoms with E-state index in [-0.39, 0.29) is 0 Å². The van der Waals surface area contributed by atoms with Crippen LogP contribution in [0.25, 0.3) is 0 Å². The van der Waals surface area contributed by atoms with Gasteiger partial charge in [0.15, 0.2) is 5.96 Å². The molecule has 1 aliphatic heterocycles. The van der Waals surface area contributed by atoms with Gasteiger partial charge in [-0.3, -0.25) is 4.99 Å². The van der Waals surface area contributed by atoms with Crippen LogP contribution in [0.4, 0.5) is 0 Å². The lowest BCUT2D eigenvalue weighted by molar-refractivity contribution is 0.347. The summed E-state index contributed by atoms with van der Waals surface area (Å²) in [6, 6.07) is 3.59. The van der Waals surface area contributed by atoms with Crippen LogP contribution in [-0.4, -0.2) is 45.4 Å². The molecule has 1 saturated heterocycles. The molecule has 0 amide bonds. The molecule has 8 heteroatoms. The second-order valence-electron chi connectivity index (χ2n) is 5.54. The molecule has 1 aromatic rings. The van der Waals surface area contributed by atoms with Crippen molar-refractivity contribution in [3.63, 3.8) is 0 Å². The third-order valence-corrected chi connectivity index (χ3v) is 7.19. The molecule has 2 heterocycles. The van der Waals surface area contributed by atoms with Crippen LogP contribution in [0.5, 0.6) is 0 Å². The van der Waals surface area contributed by atoms with Crippen LogP contribution in [0.3, 0.4) is 0 Å². The van der Waals surface area contributed by atoms with E-state index in [9.17, 15) is 8.42 Å². The lowest BCUT2D eigenvalue weighted by atomic mass is 10.2. The highest BCUT2D eigenvalue weighted by molar-refractivity contribution is 7.91. The summed E-state index contributed by atoms with van der Waals surface area (Å²) >= 11 is 1.33. The quantitative estimate of drug-likeness (QED) is 0.602. The number of hydrogen-bond acceptors (Lipinski definition) is 4. The molecule has 2 N–H and O–H groups in total. The van der Waals surface area contributed by atoms with Crippen LogP contribution in [-0.2, 0) is 16.6 Å². The van der Waals surface area contributed by atoms with Crippen molar-refractivity contribution in [2.45, 2.75) is 43.4 Å². The van der Waals surface area contributed by atoms with Crippen LogP contribution in [0.2, 0.25) is 0 Å². The topological polar surface area (TPSA) is 73.8 Å². The first-order valence-electron chi connectivity index (χ1n) is 8.11. The Balaban J connectivity index is 1.97. The maximum Gasteiger partial charge on any atom is 0.252 e. The summed E-state index contributed by atoms with van der Waals surface area (Å²) < 4.78 is 27.3. The van der Waals surface area contributed by atoms with Gasteiger partial charge in [0.05, 0.1) is 6.54 Å². The van der Waals surface area contributed by atoms with Crippen LogP contribution in [0, 0.1) is 0 Å². The Kier molecular flexibility index (Phi) is 6.86. The van der Waals surface area contributed by atoms with Crippen molar-refractivity contribution in [1.82, 2.24) is 14.9 Å². The molecule has 2 rings (SSSR count). The van der Waals surface area contributed by atoms with Gasteiger partial charge in [-0.2, -0.15) is 4.31 Å². The Morgan fingerprint density at radius 2 is 2.00 bits per heavy atom. The van der Waals surface area contributed by atoms with Crippen molar-refractivity contribution in [3.05, 3.63) is 17.0 Å². The Morgan fingerprint density at radius 1 is 1.26 bits per heavy atom. The van der Waals surface area contributed by atoms with Crippen molar-refractivity contribution in [3.8, 4) is 0 Å². The molecular formula is C15H26N4O2S2. The Morgan fingerprint density at radius 3 is 2.65 bits per heavy atom. The molecule has 130 valence electrons. The van der Waals surface area contributed by atoms with E-state index in [4.69, 9.17) is 0 Å². The molecule has 0 aliphatic carbocycles. The minimum atomic E-state index is -3.32. The summed E-state index contributed by atoms with van der Waals surface area (Å²) in [7, 11) is -1.59. The third kappa shape index (κ3) is 4.92. The van der Waals surface area contributed by atoms with E-state index in [0.29, 0.717) is 23.8 Å². The lowest BCUT2D eigenvalue weighted by Crippen LogP contribution is -2.37. The largest absolute Gasteiger partial charge is 0.356 e. The van der Waals surface area contributed by atoms with E-state index in [1.807, 2.05) is 6.07 Å². The molecule has 0 unspecified atom stereocenters. The molecule has 1 aromatic heterocycles. The number of hydrogen-bond donors (Lipinski definition) is 2. The maximum atomic E-state index is 12.6. The minimum absolute atomic E-state index is 0.438. The highest BCUT2D eigenvalue weighted by Crippen LogP contribution is 2.26. The van der Waals surface area contributed by atoms with Crippen molar-refractivity contribution < 1.29 is 8.42 Å². The molecule has 0 spiro atoms. The van der Waals surface area contributed by atoms with Gasteiger partial charge in [-0.1, -0.05) is 13.3 Å². The summed E-state index contributed by atoms with van der Waals surface area (Å²) in [5.41, 5.74) is 0. The second-order valence-corrected chi connectivity index (χ2v) is 8.87. The zero-order valence-electron chi connectivity index (χ0n) is 13.8. The Hall–Kier alpha value is -1.12. The van der Waals surface area contributed by atoms with E-state index >= 15 is 0 Å². The number of rotatable bonds is 6. The van der Waals surface area contributed by atoms with Crippen LogP contribution < -0.4 is 10.6 Å². The predicted octanol–water partition coefficient (Wildman–Crippen LogP) is 2.00. The number of piperidine rings is 1. The third-order valence-electron chi connectivity index (χ3n) is 3.74. The number of aliphatic imine (C=N–C) groups is 1. The summed E-state index contributed by atoms with van der Waals surface area (Å²) in [4.78, 5) is 5.13. The summed E-state index contributed by atoms with van der Waals surface area (Å²) in [5, 5.41) is 6.40. The first-order chi connectivity index (χ1) is 11.1. The number of thiophene rings is 1. The number of guanidine groups is 1. The lowest BCUT2D eigenvalue weighted by Gasteiger charge is -2.25. The fourth-order valence-electron chi connectivity index (χ4n) is 2.46. The van der Waals surface area contributed by atoms with E-state index in [2.05, 4.69) is 22.5 Å². The molecule has 1 fully saturated rings. The smallest absolute Gasteiger partial charge is 0.252 e. The summed E-state index contributed by atoms with van der Waals surface area (Å²) in [5.74, 6) is 0.737. The standard InChI is InChI=1S/C15H26N4O2S2/c1-3-9-17-15(16-2)18-12-13-7-8-14(22-13)23(20,21)19-10-5-4-6-11-19/h7-8H,3-6,9-12H2,1-2H3,(H2,16,17,18). The molecule has 0 atom stereocenters. The summed E-state index contributed by atoms with van der Waals surface area (Å²) in [6.07, 6.45) is 4.06. The van der Waals surface area contributed by atoms with Crippen LogP contribution in [0.1, 0.15) is 37.5 Å². The maximum absolute atomic E-state index is 12.6. The molecule has 1 aliphatic rings. The number of nitrogens with zero attached hydrogens (tertiary/aromatic N) is 2. The van der Waals surface area contributed by atoms with Crippen molar-refractivity contribution in [2.24, 2.45) is 4.99 Å². The number of sulfonamides is 1. The first-order valence-corrected chi connectivity index (χ1v) is 10.4. The van der Waals surface area contributed by atoms with Crippen molar-refractivity contribution in [1.29, 1.82) is 0 Å². The average molecular weight is 359 g/mol. The normalized spacial score (nSPS) is 17.2. The zero-order chi connectivity index (χ0) is 16.7. The van der Waals surface area contributed by atoms with Gasteiger partial charge < -0.3 is 10.6 Å². The summed E-state index contributed by atoms with van der Waals surface area (Å²) in [6.45, 7) is 4.81. The van der Waals surface area contributed by atoms with E-state index in [0.717, 1.165) is 43.1 Å². The first kappa shape index (κ1) is 18.2. The van der Waals surface area contributed by atoms with Crippen molar-refractivity contribution >= 4 is 27.3 Å². The highest BCUT2D eigenvalue weighted by Gasteiger charge is 2.27. The van der Waals surface area contributed by atoms with Gasteiger partial charge in [0, 0.05) is 31.6 Å². The van der Waals surface area contributed by atoms with Crippen molar-refractivity contribution in [2.75, 3.05) is 26.7 Å². The van der Waals surface area contributed by atoms with Gasteiger partial charge in [-0.25, -0.2) is 8.42 Å². The van der Waals surface area contributed by atoms with Gasteiger partial charge >= 0.3 is 0 Å². The number of nitrogens with one attached hydrogen (secondary N) is 2. The highest BCUT2D eigenvalue weighted by atomic mass is 32.2. The molecular weight excluding hydrogens is 332 g/mol. The van der Waals surface area contributed by atoms with Gasteiger partial charge in [0.2, 0.25) is 0 Å². The fraction of sp³-hybridized carbons (Fsp3) is 0.667. The fourth-order valence-corrected chi connectivity index (χ4v) is 5.43. The van der Waals surface area contributed by atoms with Gasteiger partial charge in [0.1, 0.15) is 4.21 Å². The molecule has 0 saturated carbocycles. The van der Waals surface area contributed by atoms with Gasteiger partial charge in [-0.05, 0) is 31.4 Å². The van der Waals surface area contributed by atoms with Gasteiger partial charge in [0.25, 0.3) is 10.0 Å². The minimum Gasteiger partial charge on any atom is -0.356 e. The Bertz CT molecular complexity index is 619. The molecule has 6 nitrogen and oxygen atoms in total. The average Bonchev–Trinajstić information content (AvgIpc) is 3.06. The Labute approximate surface area is 143 Å². The monoisotopic (exact) mass is 358 g/mol. The van der Waals surface area contributed by atoms with Crippen LogP contribution in [0.15, 0.2) is 21.3 Å². The van der Waals surface area contributed by atoms with E-state index in [1.54, 1.807) is 17.4 Å². The van der Waals surface area contributed by atoms with Gasteiger partial charge in [-0.15, -0.1) is 11.3 Å². The zero-order valence-corrected chi connectivity index (χ0v) is 15.5. The molecule has 0 aromatic carbocycles. The van der Waals surface area contributed by atoms with Crippen LogP contribution >= 0.6 is 11.3 Å². The van der Waals surface area contributed by atoms with E-state index < -0.39 is 10.0 Å². The second kappa shape index (κ2) is 8.65. The molecule has 23 heavy (non-hydrogen) atoms. The molecule has 0 radical (unpaired) electrons. The predicted molar refractivity (Wildman–Crippen MR) is 95.4 cm³/mol. The molecule has 0 bridgehead atoms. The SMILES string of the molecule is CCCNC(=NC)NCc1ccc(S(=O)(=O)N2CCCCC2)s1.